The minimum atomic E-state index is 1.37. The van der Waals surface area contributed by atoms with Crippen molar-refractivity contribution in [3.8, 4) is 0 Å². The first kappa shape index (κ1) is 11.7. The van der Waals surface area contributed by atoms with Crippen molar-refractivity contribution in [1.82, 2.24) is 0 Å². The molecule has 0 aliphatic rings. The third kappa shape index (κ3) is 1.31. The SMILES string of the molecule is Cc1cc2cc(C)c3ccc(C)c4ccc(c1C)c2c43. The van der Waals surface area contributed by atoms with E-state index in [9.17, 15) is 0 Å². The van der Waals surface area contributed by atoms with Crippen molar-refractivity contribution >= 4 is 32.3 Å². The predicted molar refractivity (Wildman–Crippen MR) is 89.1 cm³/mol. The molecular weight excluding hydrogens is 240 g/mol. The second-order valence-electron chi connectivity index (χ2n) is 6.08. The normalized spacial score (nSPS) is 12.0. The fraction of sp³-hybridized carbons (Fsp3) is 0.200. The van der Waals surface area contributed by atoms with Gasteiger partial charge in [0.05, 0.1) is 0 Å². The van der Waals surface area contributed by atoms with E-state index in [1.165, 1.54) is 54.6 Å². The van der Waals surface area contributed by atoms with Crippen LogP contribution in [0.2, 0.25) is 0 Å². The van der Waals surface area contributed by atoms with Crippen LogP contribution < -0.4 is 0 Å². The maximum Gasteiger partial charge on any atom is -0.00214 e. The summed E-state index contributed by atoms with van der Waals surface area (Å²) < 4.78 is 0. The molecule has 0 amide bonds. The maximum atomic E-state index is 2.34. The summed E-state index contributed by atoms with van der Waals surface area (Å²) in [7, 11) is 0. The molecule has 0 radical (unpaired) electrons. The molecule has 0 fully saturated rings. The van der Waals surface area contributed by atoms with Gasteiger partial charge in [-0.3, -0.25) is 0 Å². The Morgan fingerprint density at radius 1 is 0.550 bits per heavy atom. The molecule has 4 aromatic carbocycles. The quantitative estimate of drug-likeness (QED) is 0.349. The molecule has 20 heavy (non-hydrogen) atoms. The van der Waals surface area contributed by atoms with Gasteiger partial charge in [0, 0.05) is 0 Å². The second-order valence-corrected chi connectivity index (χ2v) is 6.08. The van der Waals surface area contributed by atoms with E-state index in [0.717, 1.165) is 0 Å². The van der Waals surface area contributed by atoms with Gasteiger partial charge in [-0.25, -0.2) is 0 Å². The second kappa shape index (κ2) is 3.73. The van der Waals surface area contributed by atoms with E-state index in [0.29, 0.717) is 0 Å². The molecule has 0 N–H and O–H groups in total. The van der Waals surface area contributed by atoms with Crippen LogP contribution in [0.5, 0.6) is 0 Å². The summed E-state index contributed by atoms with van der Waals surface area (Å²) in [4.78, 5) is 0. The van der Waals surface area contributed by atoms with Crippen molar-refractivity contribution in [2.75, 3.05) is 0 Å². The standard InChI is InChI=1S/C20H18/c1-11-5-6-17-13(3)10-15-9-12(2)14(4)18-8-7-16(11)20(17)19(15)18/h5-10H,1-4H3. The highest BCUT2D eigenvalue weighted by Crippen LogP contribution is 2.39. The lowest BCUT2D eigenvalue weighted by atomic mass is 9.87. The first-order valence-electron chi connectivity index (χ1n) is 7.23. The van der Waals surface area contributed by atoms with Crippen LogP contribution in [-0.2, 0) is 0 Å². The fourth-order valence-electron chi connectivity index (χ4n) is 3.58. The highest BCUT2D eigenvalue weighted by Gasteiger charge is 2.13. The lowest BCUT2D eigenvalue weighted by Gasteiger charge is -2.17. The van der Waals surface area contributed by atoms with Crippen LogP contribution in [0.15, 0.2) is 36.4 Å². The number of hydrogen-bond donors (Lipinski definition) is 0. The molecule has 0 unspecified atom stereocenters. The van der Waals surface area contributed by atoms with Gasteiger partial charge in [-0.15, -0.1) is 0 Å². The molecule has 0 aliphatic heterocycles. The lowest BCUT2D eigenvalue weighted by Crippen LogP contribution is -1.92. The molecule has 0 nitrogen and oxygen atoms in total. The van der Waals surface area contributed by atoms with Crippen molar-refractivity contribution in [2.24, 2.45) is 0 Å². The van der Waals surface area contributed by atoms with E-state index in [-0.39, 0.29) is 0 Å². The Morgan fingerprint density at radius 3 is 1.95 bits per heavy atom. The van der Waals surface area contributed by atoms with Crippen LogP contribution in [0.1, 0.15) is 22.3 Å². The molecule has 0 saturated carbocycles. The molecule has 0 heteroatoms. The molecule has 0 saturated heterocycles. The van der Waals surface area contributed by atoms with E-state index < -0.39 is 0 Å². The van der Waals surface area contributed by atoms with Crippen molar-refractivity contribution in [1.29, 1.82) is 0 Å². The van der Waals surface area contributed by atoms with Gasteiger partial charge in [0.15, 0.2) is 0 Å². The molecule has 4 aromatic rings. The zero-order valence-electron chi connectivity index (χ0n) is 12.5. The third-order valence-electron chi connectivity index (χ3n) is 4.85. The first-order valence-corrected chi connectivity index (χ1v) is 7.23. The Balaban J connectivity index is 2.46. The van der Waals surface area contributed by atoms with Crippen LogP contribution in [0, 0.1) is 27.7 Å². The molecule has 98 valence electrons. The summed E-state index contributed by atoms with van der Waals surface area (Å²) in [5.41, 5.74) is 5.53. The van der Waals surface area contributed by atoms with Gasteiger partial charge in [0.1, 0.15) is 0 Å². The van der Waals surface area contributed by atoms with E-state index in [1.54, 1.807) is 0 Å². The summed E-state index contributed by atoms with van der Waals surface area (Å²) in [6, 6.07) is 13.8. The minimum absolute atomic E-state index is 1.37. The van der Waals surface area contributed by atoms with Crippen LogP contribution in [0.4, 0.5) is 0 Å². The number of aryl methyl sites for hydroxylation is 4. The van der Waals surface area contributed by atoms with Gasteiger partial charge in [0.2, 0.25) is 0 Å². The molecule has 0 atom stereocenters. The monoisotopic (exact) mass is 258 g/mol. The Bertz CT molecular complexity index is 969. The highest BCUT2D eigenvalue weighted by molar-refractivity contribution is 6.25. The topological polar surface area (TPSA) is 0 Å². The van der Waals surface area contributed by atoms with Gasteiger partial charge in [-0.2, -0.15) is 0 Å². The Kier molecular flexibility index (Phi) is 2.18. The van der Waals surface area contributed by atoms with E-state index in [1.807, 2.05) is 0 Å². The number of benzene rings is 4. The Hall–Kier alpha value is -2.08. The van der Waals surface area contributed by atoms with Gasteiger partial charge < -0.3 is 0 Å². The van der Waals surface area contributed by atoms with E-state index in [4.69, 9.17) is 0 Å². The third-order valence-corrected chi connectivity index (χ3v) is 4.85. The van der Waals surface area contributed by atoms with Gasteiger partial charge in [-0.05, 0) is 82.3 Å². The number of hydrogen-bond acceptors (Lipinski definition) is 0. The summed E-state index contributed by atoms with van der Waals surface area (Å²) in [5, 5.41) is 8.46. The molecule has 0 heterocycles. The number of rotatable bonds is 0. The van der Waals surface area contributed by atoms with Crippen LogP contribution >= 0.6 is 0 Å². The largest absolute Gasteiger partial charge is 0.0581 e. The predicted octanol–water partition coefficient (Wildman–Crippen LogP) is 5.82. The highest BCUT2D eigenvalue weighted by atomic mass is 14.2. The lowest BCUT2D eigenvalue weighted by molar-refractivity contribution is 1.39. The molecule has 0 aromatic heterocycles. The van der Waals surface area contributed by atoms with Crippen molar-refractivity contribution < 1.29 is 0 Å². The summed E-state index contributed by atoms with van der Waals surface area (Å²) in [5.74, 6) is 0. The maximum absolute atomic E-state index is 2.34. The van der Waals surface area contributed by atoms with Gasteiger partial charge in [0.25, 0.3) is 0 Å². The molecule has 0 aliphatic carbocycles. The molecular formula is C20H18. The van der Waals surface area contributed by atoms with Crippen LogP contribution in [-0.4, -0.2) is 0 Å². The molecule has 0 bridgehead atoms. The summed E-state index contributed by atoms with van der Waals surface area (Å²) in [6.45, 7) is 8.88. The van der Waals surface area contributed by atoms with Gasteiger partial charge in [-0.1, -0.05) is 36.4 Å². The van der Waals surface area contributed by atoms with Crippen molar-refractivity contribution in [2.45, 2.75) is 27.7 Å². The van der Waals surface area contributed by atoms with Crippen molar-refractivity contribution in [3.63, 3.8) is 0 Å². The minimum Gasteiger partial charge on any atom is -0.0581 e. The average Bonchev–Trinajstić information content (AvgIpc) is 2.43. The summed E-state index contributed by atoms with van der Waals surface area (Å²) >= 11 is 0. The van der Waals surface area contributed by atoms with E-state index >= 15 is 0 Å². The molecule has 0 spiro atoms. The Morgan fingerprint density at radius 2 is 1.15 bits per heavy atom. The molecule has 4 rings (SSSR count). The zero-order valence-corrected chi connectivity index (χ0v) is 12.5. The Labute approximate surface area is 119 Å². The van der Waals surface area contributed by atoms with Gasteiger partial charge >= 0.3 is 0 Å². The fourth-order valence-corrected chi connectivity index (χ4v) is 3.58. The smallest absolute Gasteiger partial charge is 0.00214 e. The first-order chi connectivity index (χ1) is 9.58. The summed E-state index contributed by atoms with van der Waals surface area (Å²) in [6.07, 6.45) is 0. The van der Waals surface area contributed by atoms with Crippen LogP contribution in [0.25, 0.3) is 32.3 Å². The zero-order chi connectivity index (χ0) is 14.0. The van der Waals surface area contributed by atoms with Crippen LogP contribution in [0.3, 0.4) is 0 Å². The van der Waals surface area contributed by atoms with Crippen molar-refractivity contribution in [3.05, 3.63) is 58.7 Å². The average molecular weight is 258 g/mol. The van der Waals surface area contributed by atoms with E-state index in [2.05, 4.69) is 64.1 Å².